The van der Waals surface area contributed by atoms with E-state index in [0.717, 1.165) is 6.54 Å². The molecule has 0 aromatic heterocycles. The Bertz CT molecular complexity index is 800. The molecule has 1 aliphatic heterocycles. The number of fused-ring (bicyclic) bond motifs is 2. The minimum atomic E-state index is -0.00568. The van der Waals surface area contributed by atoms with Gasteiger partial charge in [0.15, 0.2) is 0 Å². The maximum Gasteiger partial charge on any atom is 0.130 e. The molecule has 3 heteroatoms. The van der Waals surface area contributed by atoms with Gasteiger partial charge in [-0.2, -0.15) is 0 Å². The molecule has 4 rings (SSSR count). The SMILES string of the molecule is NC1Sc2ccccc2N1Cc1ccc2ccccc2c1. The van der Waals surface area contributed by atoms with Gasteiger partial charge >= 0.3 is 0 Å². The summed E-state index contributed by atoms with van der Waals surface area (Å²) in [4.78, 5) is 3.54. The lowest BCUT2D eigenvalue weighted by atomic mass is 10.1. The van der Waals surface area contributed by atoms with E-state index in [9.17, 15) is 0 Å². The first-order chi connectivity index (χ1) is 10.3. The second-order valence-electron chi connectivity index (χ2n) is 5.29. The highest BCUT2D eigenvalue weighted by Crippen LogP contribution is 2.41. The molecule has 0 bridgehead atoms. The molecule has 0 aliphatic carbocycles. The van der Waals surface area contributed by atoms with Crippen LogP contribution in [0.4, 0.5) is 5.69 Å². The average molecular weight is 292 g/mol. The van der Waals surface area contributed by atoms with E-state index in [-0.39, 0.29) is 5.50 Å². The van der Waals surface area contributed by atoms with Crippen molar-refractivity contribution in [3.8, 4) is 0 Å². The predicted molar refractivity (Wildman–Crippen MR) is 90.4 cm³/mol. The zero-order chi connectivity index (χ0) is 14.2. The number of benzene rings is 3. The van der Waals surface area contributed by atoms with Crippen molar-refractivity contribution in [2.24, 2.45) is 5.73 Å². The van der Waals surface area contributed by atoms with Crippen LogP contribution in [0.2, 0.25) is 0 Å². The molecular formula is C18H16N2S. The lowest BCUT2D eigenvalue weighted by Crippen LogP contribution is -2.35. The molecule has 0 saturated heterocycles. The van der Waals surface area contributed by atoms with Gasteiger partial charge in [0.25, 0.3) is 0 Å². The summed E-state index contributed by atoms with van der Waals surface area (Å²) in [5.41, 5.74) is 8.81. The van der Waals surface area contributed by atoms with E-state index in [1.54, 1.807) is 11.8 Å². The van der Waals surface area contributed by atoms with Gasteiger partial charge in [-0.15, -0.1) is 0 Å². The highest BCUT2D eigenvalue weighted by molar-refractivity contribution is 8.00. The van der Waals surface area contributed by atoms with Gasteiger partial charge in [0.05, 0.1) is 5.69 Å². The van der Waals surface area contributed by atoms with Crippen LogP contribution in [0.5, 0.6) is 0 Å². The summed E-state index contributed by atoms with van der Waals surface area (Å²) < 4.78 is 0. The van der Waals surface area contributed by atoms with Crippen molar-refractivity contribution in [1.29, 1.82) is 0 Å². The second-order valence-corrected chi connectivity index (χ2v) is 6.44. The molecule has 0 amide bonds. The Balaban J connectivity index is 1.68. The monoisotopic (exact) mass is 292 g/mol. The number of thioether (sulfide) groups is 1. The zero-order valence-corrected chi connectivity index (χ0v) is 12.4. The highest BCUT2D eigenvalue weighted by atomic mass is 32.2. The summed E-state index contributed by atoms with van der Waals surface area (Å²) in [6.45, 7) is 0.843. The number of para-hydroxylation sites is 1. The molecule has 1 atom stereocenters. The minimum Gasteiger partial charge on any atom is -0.342 e. The van der Waals surface area contributed by atoms with Gasteiger partial charge in [0.2, 0.25) is 0 Å². The number of hydrogen-bond donors (Lipinski definition) is 1. The number of rotatable bonds is 2. The standard InChI is InChI=1S/C18H16N2S/c19-18-20(16-7-3-4-8-17(16)21-18)12-13-9-10-14-5-1-2-6-15(14)11-13/h1-11,18H,12,19H2. The Kier molecular flexibility index (Phi) is 3.09. The lowest BCUT2D eigenvalue weighted by Gasteiger charge is -2.23. The Morgan fingerprint density at radius 1 is 0.905 bits per heavy atom. The van der Waals surface area contributed by atoms with Gasteiger partial charge in [-0.25, -0.2) is 0 Å². The summed E-state index contributed by atoms with van der Waals surface area (Å²) in [5, 5.41) is 2.56. The van der Waals surface area contributed by atoms with Crippen LogP contribution in [0.3, 0.4) is 0 Å². The molecular weight excluding hydrogens is 276 g/mol. The van der Waals surface area contributed by atoms with Crippen LogP contribution in [0, 0.1) is 0 Å². The van der Waals surface area contributed by atoms with Crippen LogP contribution in [-0.4, -0.2) is 5.50 Å². The van der Waals surface area contributed by atoms with Gasteiger partial charge in [0.1, 0.15) is 5.50 Å². The molecule has 1 unspecified atom stereocenters. The molecule has 2 nitrogen and oxygen atoms in total. The summed E-state index contributed by atoms with van der Waals surface area (Å²) >= 11 is 1.73. The molecule has 0 saturated carbocycles. The second kappa shape index (κ2) is 5.10. The Labute approximate surface area is 128 Å². The lowest BCUT2D eigenvalue weighted by molar-refractivity contribution is 0.780. The molecule has 0 radical (unpaired) electrons. The van der Waals surface area contributed by atoms with Crippen molar-refractivity contribution in [2.45, 2.75) is 16.9 Å². The third-order valence-electron chi connectivity index (χ3n) is 3.90. The maximum atomic E-state index is 6.28. The number of nitrogens with two attached hydrogens (primary N) is 1. The molecule has 2 N–H and O–H groups in total. The van der Waals surface area contributed by atoms with Crippen molar-refractivity contribution in [3.05, 3.63) is 72.3 Å². The largest absolute Gasteiger partial charge is 0.342 e. The van der Waals surface area contributed by atoms with Crippen molar-refractivity contribution >= 4 is 28.2 Å². The van der Waals surface area contributed by atoms with E-state index in [4.69, 9.17) is 5.73 Å². The first-order valence-corrected chi connectivity index (χ1v) is 7.95. The molecule has 21 heavy (non-hydrogen) atoms. The van der Waals surface area contributed by atoms with Crippen molar-refractivity contribution in [1.82, 2.24) is 0 Å². The Hall–Kier alpha value is -1.97. The quantitative estimate of drug-likeness (QED) is 0.767. The smallest absolute Gasteiger partial charge is 0.130 e. The number of hydrogen-bond acceptors (Lipinski definition) is 3. The Morgan fingerprint density at radius 3 is 2.57 bits per heavy atom. The van der Waals surface area contributed by atoms with E-state index in [1.165, 1.54) is 26.9 Å². The average Bonchev–Trinajstić information content (AvgIpc) is 2.83. The first-order valence-electron chi connectivity index (χ1n) is 7.07. The van der Waals surface area contributed by atoms with Crippen LogP contribution in [0.1, 0.15) is 5.56 Å². The fourth-order valence-electron chi connectivity index (χ4n) is 2.83. The van der Waals surface area contributed by atoms with Gasteiger partial charge in [-0.05, 0) is 34.5 Å². The van der Waals surface area contributed by atoms with Crippen molar-refractivity contribution < 1.29 is 0 Å². The van der Waals surface area contributed by atoms with E-state index in [2.05, 4.69) is 71.6 Å². The third-order valence-corrected chi connectivity index (χ3v) is 4.99. The van der Waals surface area contributed by atoms with Crippen LogP contribution >= 0.6 is 11.8 Å². The summed E-state index contributed by atoms with van der Waals surface area (Å²) in [7, 11) is 0. The molecule has 3 aromatic rings. The van der Waals surface area contributed by atoms with E-state index < -0.39 is 0 Å². The van der Waals surface area contributed by atoms with Crippen LogP contribution in [0.15, 0.2) is 71.6 Å². The fourth-order valence-corrected chi connectivity index (χ4v) is 3.87. The number of anilines is 1. The summed E-state index contributed by atoms with van der Waals surface area (Å²) in [5.74, 6) is 0. The topological polar surface area (TPSA) is 29.3 Å². The van der Waals surface area contributed by atoms with E-state index in [1.807, 2.05) is 0 Å². The Morgan fingerprint density at radius 2 is 1.67 bits per heavy atom. The van der Waals surface area contributed by atoms with Crippen LogP contribution < -0.4 is 10.6 Å². The zero-order valence-electron chi connectivity index (χ0n) is 11.6. The van der Waals surface area contributed by atoms with E-state index >= 15 is 0 Å². The summed E-state index contributed by atoms with van der Waals surface area (Å²) in [6.07, 6.45) is 0. The molecule has 0 fully saturated rings. The first kappa shape index (κ1) is 12.7. The minimum absolute atomic E-state index is 0.00568. The van der Waals surface area contributed by atoms with E-state index in [0.29, 0.717) is 0 Å². The fraction of sp³-hybridized carbons (Fsp3) is 0.111. The van der Waals surface area contributed by atoms with Gasteiger partial charge in [-0.1, -0.05) is 60.3 Å². The molecule has 104 valence electrons. The summed E-state index contributed by atoms with van der Waals surface area (Å²) in [6, 6.07) is 23.5. The molecule has 1 heterocycles. The number of nitrogens with zero attached hydrogens (tertiary/aromatic N) is 1. The molecule has 1 aliphatic rings. The third kappa shape index (κ3) is 2.28. The maximum absolute atomic E-state index is 6.28. The van der Waals surface area contributed by atoms with Crippen molar-refractivity contribution in [2.75, 3.05) is 4.90 Å². The van der Waals surface area contributed by atoms with Gasteiger partial charge in [-0.3, -0.25) is 0 Å². The molecule has 3 aromatic carbocycles. The van der Waals surface area contributed by atoms with Crippen molar-refractivity contribution in [3.63, 3.8) is 0 Å². The normalized spacial score (nSPS) is 17.2. The van der Waals surface area contributed by atoms with Crippen LogP contribution in [0.25, 0.3) is 10.8 Å². The predicted octanol–water partition coefficient (Wildman–Crippen LogP) is 4.19. The van der Waals surface area contributed by atoms with Gasteiger partial charge in [0, 0.05) is 11.4 Å². The molecule has 0 spiro atoms. The van der Waals surface area contributed by atoms with Crippen LogP contribution in [-0.2, 0) is 6.54 Å². The highest BCUT2D eigenvalue weighted by Gasteiger charge is 2.26. The van der Waals surface area contributed by atoms with Gasteiger partial charge < -0.3 is 10.6 Å².